The molecule has 2 aromatic heterocycles. The van der Waals surface area contributed by atoms with E-state index in [1.165, 1.54) is 42.8 Å². The van der Waals surface area contributed by atoms with Crippen LogP contribution in [0.4, 0.5) is 0 Å². The first-order chi connectivity index (χ1) is 10.6. The van der Waals surface area contributed by atoms with Gasteiger partial charge in [-0.15, -0.1) is 0 Å². The summed E-state index contributed by atoms with van der Waals surface area (Å²) in [6.07, 6.45) is 5.77. The predicted octanol–water partition coefficient (Wildman–Crippen LogP) is 4.42. The molecule has 1 aliphatic heterocycles. The van der Waals surface area contributed by atoms with E-state index in [1.54, 1.807) is 0 Å². The molecule has 1 fully saturated rings. The van der Waals surface area contributed by atoms with E-state index in [0.717, 1.165) is 5.82 Å². The number of aryl methyl sites for hydroxylation is 2. The van der Waals surface area contributed by atoms with Crippen LogP contribution < -0.4 is 0 Å². The van der Waals surface area contributed by atoms with Gasteiger partial charge in [0, 0.05) is 35.2 Å². The smallest absolute Gasteiger partial charge is 0.141 e. The summed E-state index contributed by atoms with van der Waals surface area (Å²) in [4.78, 5) is 7.39. The largest absolute Gasteiger partial charge is 0.303 e. The summed E-state index contributed by atoms with van der Waals surface area (Å²) in [5.41, 5.74) is 3.88. The number of likely N-dealkylation sites (tertiary alicyclic amines) is 1. The molecule has 0 saturated carbocycles. The zero-order valence-corrected chi connectivity index (χ0v) is 14.2. The molecule has 1 aliphatic rings. The van der Waals surface area contributed by atoms with Crippen LogP contribution in [0.15, 0.2) is 30.5 Å². The maximum Gasteiger partial charge on any atom is 0.141 e. The normalized spacial score (nSPS) is 19.8. The van der Waals surface area contributed by atoms with Gasteiger partial charge in [-0.3, -0.25) is 4.90 Å². The minimum absolute atomic E-state index is 0.485. The first-order valence-electron chi connectivity index (χ1n) is 8.45. The predicted molar refractivity (Wildman–Crippen MR) is 91.5 cm³/mol. The van der Waals surface area contributed by atoms with Crippen molar-refractivity contribution in [1.29, 1.82) is 0 Å². The zero-order chi connectivity index (χ0) is 15.7. The Hall–Kier alpha value is -1.61. The standard InChI is InChI=1S/C19H27N3/c1-14(2)21-13-6-5-9-18(21)17-8-7-12-20-19(17)22-15(3)10-11-16(22)4/h7-8,10-12,14,18H,5-6,9,13H2,1-4H3/t18-/m0/s1. The van der Waals surface area contributed by atoms with E-state index >= 15 is 0 Å². The molecule has 0 bridgehead atoms. The van der Waals surface area contributed by atoms with E-state index in [0.29, 0.717) is 12.1 Å². The molecule has 3 heteroatoms. The molecule has 3 heterocycles. The molecule has 0 aliphatic carbocycles. The summed E-state index contributed by atoms with van der Waals surface area (Å²) in [5, 5.41) is 0. The van der Waals surface area contributed by atoms with Gasteiger partial charge in [-0.05, 0) is 65.3 Å². The van der Waals surface area contributed by atoms with Gasteiger partial charge in [-0.1, -0.05) is 12.5 Å². The topological polar surface area (TPSA) is 21.1 Å². The molecule has 1 saturated heterocycles. The number of rotatable bonds is 3. The average molecular weight is 297 g/mol. The summed E-state index contributed by atoms with van der Waals surface area (Å²) in [6.45, 7) is 10.1. The highest BCUT2D eigenvalue weighted by molar-refractivity contribution is 5.40. The Balaban J connectivity index is 2.08. The molecule has 1 atom stereocenters. The van der Waals surface area contributed by atoms with Gasteiger partial charge in [0.25, 0.3) is 0 Å². The number of pyridine rings is 1. The Morgan fingerprint density at radius 3 is 2.50 bits per heavy atom. The SMILES string of the molecule is Cc1ccc(C)n1-c1ncccc1[C@@H]1CCCCN1C(C)C. The Morgan fingerprint density at radius 2 is 1.82 bits per heavy atom. The van der Waals surface area contributed by atoms with Gasteiger partial charge in [-0.25, -0.2) is 4.98 Å². The van der Waals surface area contributed by atoms with Crippen LogP contribution in [0.25, 0.3) is 5.82 Å². The van der Waals surface area contributed by atoms with E-state index < -0.39 is 0 Å². The summed E-state index contributed by atoms with van der Waals surface area (Å²) < 4.78 is 2.29. The van der Waals surface area contributed by atoms with Crippen LogP contribution >= 0.6 is 0 Å². The number of piperidine rings is 1. The molecule has 0 spiro atoms. The Labute approximate surface area is 134 Å². The van der Waals surface area contributed by atoms with Crippen molar-refractivity contribution in [3.05, 3.63) is 47.4 Å². The molecule has 2 aromatic rings. The van der Waals surface area contributed by atoms with Crippen molar-refractivity contribution in [3.63, 3.8) is 0 Å². The third kappa shape index (κ3) is 2.70. The van der Waals surface area contributed by atoms with Crippen LogP contribution in [-0.2, 0) is 0 Å². The van der Waals surface area contributed by atoms with Crippen molar-refractivity contribution in [1.82, 2.24) is 14.5 Å². The van der Waals surface area contributed by atoms with Crippen molar-refractivity contribution in [2.24, 2.45) is 0 Å². The lowest BCUT2D eigenvalue weighted by atomic mass is 9.94. The van der Waals surface area contributed by atoms with Crippen LogP contribution in [0.1, 0.15) is 56.1 Å². The molecule has 0 aromatic carbocycles. The second kappa shape index (κ2) is 6.25. The van der Waals surface area contributed by atoms with E-state index in [2.05, 4.69) is 61.4 Å². The fourth-order valence-corrected chi connectivity index (χ4v) is 3.76. The molecular weight excluding hydrogens is 270 g/mol. The number of hydrogen-bond acceptors (Lipinski definition) is 2. The summed E-state index contributed by atoms with van der Waals surface area (Å²) >= 11 is 0. The van der Waals surface area contributed by atoms with E-state index in [4.69, 9.17) is 4.98 Å². The summed E-state index contributed by atoms with van der Waals surface area (Å²) in [6, 6.07) is 9.76. The maximum atomic E-state index is 4.75. The number of aromatic nitrogens is 2. The van der Waals surface area contributed by atoms with Gasteiger partial charge >= 0.3 is 0 Å². The quantitative estimate of drug-likeness (QED) is 0.836. The van der Waals surface area contributed by atoms with Crippen molar-refractivity contribution in [3.8, 4) is 5.82 Å². The summed E-state index contributed by atoms with van der Waals surface area (Å²) in [5.74, 6) is 1.11. The van der Waals surface area contributed by atoms with Crippen LogP contribution in [0.2, 0.25) is 0 Å². The fraction of sp³-hybridized carbons (Fsp3) is 0.526. The van der Waals surface area contributed by atoms with Gasteiger partial charge in [-0.2, -0.15) is 0 Å². The molecule has 118 valence electrons. The summed E-state index contributed by atoms with van der Waals surface area (Å²) in [7, 11) is 0. The molecule has 22 heavy (non-hydrogen) atoms. The van der Waals surface area contributed by atoms with Crippen LogP contribution in [0.5, 0.6) is 0 Å². The molecule has 3 rings (SSSR count). The van der Waals surface area contributed by atoms with E-state index in [9.17, 15) is 0 Å². The zero-order valence-electron chi connectivity index (χ0n) is 14.2. The van der Waals surface area contributed by atoms with Gasteiger partial charge in [0.2, 0.25) is 0 Å². The molecular formula is C19H27N3. The molecule has 0 amide bonds. The van der Waals surface area contributed by atoms with Crippen LogP contribution in [0.3, 0.4) is 0 Å². The molecule has 0 unspecified atom stereocenters. The van der Waals surface area contributed by atoms with Crippen molar-refractivity contribution < 1.29 is 0 Å². The first-order valence-corrected chi connectivity index (χ1v) is 8.45. The highest BCUT2D eigenvalue weighted by atomic mass is 15.2. The Morgan fingerprint density at radius 1 is 1.09 bits per heavy atom. The second-order valence-electron chi connectivity index (χ2n) is 6.71. The Kier molecular flexibility index (Phi) is 4.34. The second-order valence-corrected chi connectivity index (χ2v) is 6.71. The van der Waals surface area contributed by atoms with Gasteiger partial charge in [0.1, 0.15) is 5.82 Å². The van der Waals surface area contributed by atoms with Crippen molar-refractivity contribution >= 4 is 0 Å². The van der Waals surface area contributed by atoms with Crippen molar-refractivity contribution in [2.45, 2.75) is 59.0 Å². The lowest BCUT2D eigenvalue weighted by molar-refractivity contribution is 0.112. The Bertz CT molecular complexity index is 622. The van der Waals surface area contributed by atoms with Gasteiger partial charge in [0.05, 0.1) is 0 Å². The van der Waals surface area contributed by atoms with E-state index in [1.807, 2.05) is 6.20 Å². The lowest BCUT2D eigenvalue weighted by Gasteiger charge is -2.39. The number of nitrogens with zero attached hydrogens (tertiary/aromatic N) is 3. The number of hydrogen-bond donors (Lipinski definition) is 0. The minimum Gasteiger partial charge on any atom is -0.303 e. The maximum absolute atomic E-state index is 4.75. The van der Waals surface area contributed by atoms with E-state index in [-0.39, 0.29) is 0 Å². The fourth-order valence-electron chi connectivity index (χ4n) is 3.76. The van der Waals surface area contributed by atoms with Gasteiger partial charge < -0.3 is 4.57 Å². The highest BCUT2D eigenvalue weighted by Gasteiger charge is 2.28. The monoisotopic (exact) mass is 297 g/mol. The van der Waals surface area contributed by atoms with Crippen molar-refractivity contribution in [2.75, 3.05) is 6.54 Å². The molecule has 3 nitrogen and oxygen atoms in total. The third-order valence-corrected chi connectivity index (χ3v) is 4.87. The lowest BCUT2D eigenvalue weighted by Crippen LogP contribution is -2.39. The van der Waals surface area contributed by atoms with Crippen LogP contribution in [0, 0.1) is 13.8 Å². The third-order valence-electron chi connectivity index (χ3n) is 4.87. The highest BCUT2D eigenvalue weighted by Crippen LogP contribution is 2.35. The molecule has 0 N–H and O–H groups in total. The van der Waals surface area contributed by atoms with Crippen LogP contribution in [-0.4, -0.2) is 27.0 Å². The minimum atomic E-state index is 0.485. The first kappa shape index (κ1) is 15.3. The average Bonchev–Trinajstić information content (AvgIpc) is 2.86. The molecule has 0 radical (unpaired) electrons. The van der Waals surface area contributed by atoms with Gasteiger partial charge in [0.15, 0.2) is 0 Å².